The fourth-order valence-corrected chi connectivity index (χ4v) is 7.91. The summed E-state index contributed by atoms with van der Waals surface area (Å²) in [5.74, 6) is 0. The van der Waals surface area contributed by atoms with Crippen molar-refractivity contribution in [3.63, 3.8) is 0 Å². The van der Waals surface area contributed by atoms with Crippen molar-refractivity contribution in [2.75, 3.05) is 0 Å². The van der Waals surface area contributed by atoms with Crippen LogP contribution in [0.1, 0.15) is 5.56 Å². The van der Waals surface area contributed by atoms with E-state index in [1.165, 1.54) is 66.1 Å². The maximum absolute atomic E-state index is 9.48. The number of pyridine rings is 1. The lowest BCUT2D eigenvalue weighted by atomic mass is 9.87. The molecule has 0 radical (unpaired) electrons. The predicted molar refractivity (Wildman–Crippen MR) is 216 cm³/mol. The van der Waals surface area contributed by atoms with Crippen LogP contribution < -0.4 is 0 Å². The molecule has 52 heavy (non-hydrogen) atoms. The van der Waals surface area contributed by atoms with Crippen LogP contribution in [0.4, 0.5) is 0 Å². The summed E-state index contributed by atoms with van der Waals surface area (Å²) in [6.45, 7) is 0. The van der Waals surface area contributed by atoms with Crippen LogP contribution in [0, 0.1) is 11.3 Å². The van der Waals surface area contributed by atoms with Crippen molar-refractivity contribution in [1.82, 2.24) is 4.98 Å². The molecule has 1 aromatic heterocycles. The molecule has 0 spiro atoms. The van der Waals surface area contributed by atoms with Gasteiger partial charge in [-0.1, -0.05) is 146 Å². The van der Waals surface area contributed by atoms with Crippen LogP contribution in [0.2, 0.25) is 0 Å². The van der Waals surface area contributed by atoms with Gasteiger partial charge in [-0.25, -0.2) is 4.98 Å². The number of rotatable bonds is 5. The highest BCUT2D eigenvalue weighted by Gasteiger charge is 2.25. The number of hydrogen-bond acceptors (Lipinski definition) is 2. The molecule has 0 saturated carbocycles. The van der Waals surface area contributed by atoms with Gasteiger partial charge < -0.3 is 0 Å². The number of fused-ring (bicyclic) bond motifs is 4. The Labute approximate surface area is 302 Å². The zero-order valence-electron chi connectivity index (χ0n) is 28.2. The Bertz CT molecular complexity index is 2790. The number of benzene rings is 8. The third-order valence-corrected chi connectivity index (χ3v) is 10.4. The molecule has 2 nitrogen and oxygen atoms in total. The van der Waals surface area contributed by atoms with E-state index in [2.05, 4.69) is 170 Å². The van der Waals surface area contributed by atoms with Gasteiger partial charge in [0.1, 0.15) is 0 Å². The number of aromatic nitrogens is 1. The van der Waals surface area contributed by atoms with Crippen molar-refractivity contribution in [2.45, 2.75) is 0 Å². The minimum absolute atomic E-state index is 0.662. The Morgan fingerprint density at radius 1 is 0.327 bits per heavy atom. The predicted octanol–water partition coefficient (Wildman–Crippen LogP) is 13.2. The molecule has 1 heterocycles. The molecule has 9 aromatic rings. The zero-order valence-corrected chi connectivity index (χ0v) is 28.2. The minimum Gasteiger partial charge on any atom is -0.248 e. The molecule has 0 bridgehead atoms. The largest absolute Gasteiger partial charge is 0.248 e. The fraction of sp³-hybridized carbons (Fsp3) is 0. The first-order valence-electron chi connectivity index (χ1n) is 17.6. The van der Waals surface area contributed by atoms with Crippen LogP contribution in [-0.2, 0) is 0 Å². The summed E-state index contributed by atoms with van der Waals surface area (Å²) in [5, 5.41) is 14.3. The minimum atomic E-state index is 0.662. The molecule has 1 aliphatic rings. The van der Waals surface area contributed by atoms with E-state index in [1.807, 2.05) is 18.2 Å². The Morgan fingerprint density at radius 3 is 1.44 bits per heavy atom. The van der Waals surface area contributed by atoms with Gasteiger partial charge in [0.2, 0.25) is 0 Å². The third-order valence-electron chi connectivity index (χ3n) is 10.4. The SMILES string of the molecule is N#Cc1ccc(-c2ccc3c4c(ccc(-c5ccc6cc(-c7cc(-c8ccccc8)cc(-c8ccccc8)n7)ccc6c5)c24)-c2ccccc2-3)cc1. The Hall–Kier alpha value is -7.08. The van der Waals surface area contributed by atoms with E-state index in [1.54, 1.807) is 0 Å². The highest BCUT2D eigenvalue weighted by atomic mass is 14.7. The van der Waals surface area contributed by atoms with Gasteiger partial charge in [0.05, 0.1) is 23.0 Å². The second-order valence-corrected chi connectivity index (χ2v) is 13.4. The van der Waals surface area contributed by atoms with Crippen molar-refractivity contribution in [3.05, 3.63) is 188 Å². The average Bonchev–Trinajstić information content (AvgIpc) is 3.55. The molecular weight excluding hydrogens is 629 g/mol. The van der Waals surface area contributed by atoms with Crippen LogP contribution in [0.15, 0.2) is 182 Å². The molecule has 240 valence electrons. The van der Waals surface area contributed by atoms with Crippen molar-refractivity contribution in [3.8, 4) is 84.2 Å². The molecule has 0 fully saturated rings. The summed E-state index contributed by atoms with van der Waals surface area (Å²) in [6, 6.07) is 66.8. The average molecular weight is 659 g/mol. The second kappa shape index (κ2) is 12.1. The van der Waals surface area contributed by atoms with Crippen molar-refractivity contribution < 1.29 is 0 Å². The van der Waals surface area contributed by atoms with Crippen LogP contribution in [-0.4, -0.2) is 4.98 Å². The molecule has 0 N–H and O–H groups in total. The van der Waals surface area contributed by atoms with E-state index in [4.69, 9.17) is 4.98 Å². The van der Waals surface area contributed by atoms with Gasteiger partial charge in [-0.05, 0) is 114 Å². The molecule has 10 rings (SSSR count). The van der Waals surface area contributed by atoms with E-state index in [-0.39, 0.29) is 0 Å². The van der Waals surface area contributed by atoms with Crippen LogP contribution >= 0.6 is 0 Å². The van der Waals surface area contributed by atoms with E-state index >= 15 is 0 Å². The van der Waals surface area contributed by atoms with E-state index in [0.717, 1.165) is 33.6 Å². The lowest BCUT2D eigenvalue weighted by Crippen LogP contribution is -1.91. The van der Waals surface area contributed by atoms with Gasteiger partial charge in [0, 0.05) is 11.1 Å². The van der Waals surface area contributed by atoms with Crippen molar-refractivity contribution in [1.29, 1.82) is 5.26 Å². The highest BCUT2D eigenvalue weighted by Crippen LogP contribution is 2.52. The number of hydrogen-bond donors (Lipinski definition) is 0. The molecule has 0 saturated heterocycles. The molecule has 0 atom stereocenters. The van der Waals surface area contributed by atoms with Crippen LogP contribution in [0.3, 0.4) is 0 Å². The maximum atomic E-state index is 9.48. The topological polar surface area (TPSA) is 36.7 Å². The number of nitrogens with zero attached hydrogens (tertiary/aromatic N) is 2. The summed E-state index contributed by atoms with van der Waals surface area (Å²) >= 11 is 0. The summed E-state index contributed by atoms with van der Waals surface area (Å²) < 4.78 is 0. The maximum Gasteiger partial charge on any atom is 0.0991 e. The molecule has 0 unspecified atom stereocenters. The van der Waals surface area contributed by atoms with Crippen molar-refractivity contribution >= 4 is 21.5 Å². The summed E-state index contributed by atoms with van der Waals surface area (Å²) in [5.41, 5.74) is 16.8. The molecular formula is C50H30N2. The lowest BCUT2D eigenvalue weighted by molar-refractivity contribution is 1.32. The standard InChI is InChI=1S/C50H30N2/c51-31-32-15-17-34(18-16-32)41-23-25-45-43-13-7-8-14-44(43)46-26-24-42(49(41)50(45)46)38-21-19-37-28-39(22-20-36(37)27-38)48-30-40(33-9-3-1-4-10-33)29-47(52-48)35-11-5-2-6-12-35/h1-30H. The Morgan fingerprint density at radius 2 is 0.808 bits per heavy atom. The highest BCUT2D eigenvalue weighted by molar-refractivity contribution is 6.22. The Kier molecular flexibility index (Phi) is 6.91. The van der Waals surface area contributed by atoms with Crippen molar-refractivity contribution in [2.24, 2.45) is 0 Å². The quantitative estimate of drug-likeness (QED) is 0.184. The van der Waals surface area contributed by atoms with Gasteiger partial charge in [-0.15, -0.1) is 0 Å². The first-order valence-corrected chi connectivity index (χ1v) is 17.6. The van der Waals surface area contributed by atoms with E-state index < -0.39 is 0 Å². The smallest absolute Gasteiger partial charge is 0.0991 e. The molecule has 0 amide bonds. The normalized spacial score (nSPS) is 11.4. The zero-order chi connectivity index (χ0) is 34.6. The summed E-state index contributed by atoms with van der Waals surface area (Å²) in [7, 11) is 0. The molecule has 1 aliphatic carbocycles. The molecule has 2 heteroatoms. The summed E-state index contributed by atoms with van der Waals surface area (Å²) in [4.78, 5) is 5.18. The molecule has 0 aliphatic heterocycles. The van der Waals surface area contributed by atoms with Crippen LogP contribution in [0.5, 0.6) is 0 Å². The van der Waals surface area contributed by atoms with Gasteiger partial charge in [-0.3, -0.25) is 0 Å². The third kappa shape index (κ3) is 4.91. The monoisotopic (exact) mass is 658 g/mol. The van der Waals surface area contributed by atoms with Gasteiger partial charge in [0.15, 0.2) is 0 Å². The van der Waals surface area contributed by atoms with Gasteiger partial charge in [-0.2, -0.15) is 5.26 Å². The lowest BCUT2D eigenvalue weighted by Gasteiger charge is -2.16. The van der Waals surface area contributed by atoms with Gasteiger partial charge in [0.25, 0.3) is 0 Å². The first-order chi connectivity index (χ1) is 25.7. The molecule has 8 aromatic carbocycles. The van der Waals surface area contributed by atoms with E-state index in [0.29, 0.717) is 5.56 Å². The fourth-order valence-electron chi connectivity index (χ4n) is 7.91. The summed E-state index contributed by atoms with van der Waals surface area (Å²) in [6.07, 6.45) is 0. The van der Waals surface area contributed by atoms with E-state index in [9.17, 15) is 5.26 Å². The second-order valence-electron chi connectivity index (χ2n) is 13.4. The van der Waals surface area contributed by atoms with Gasteiger partial charge >= 0.3 is 0 Å². The number of nitriles is 1. The van der Waals surface area contributed by atoms with Crippen LogP contribution in [0.25, 0.3) is 99.7 Å². The Balaban J connectivity index is 1.12. The first kappa shape index (κ1) is 29.8.